The SMILES string of the molecule is CCCCN1CCCC1c1cncc(C(=O)OCC)c1. The molecule has 1 unspecified atom stereocenters. The summed E-state index contributed by atoms with van der Waals surface area (Å²) in [7, 11) is 0. The fourth-order valence-corrected chi connectivity index (χ4v) is 2.80. The number of hydrogen-bond acceptors (Lipinski definition) is 4. The Morgan fingerprint density at radius 1 is 1.45 bits per heavy atom. The molecule has 1 aliphatic heterocycles. The zero-order valence-electron chi connectivity index (χ0n) is 12.5. The molecule has 4 heteroatoms. The smallest absolute Gasteiger partial charge is 0.339 e. The van der Waals surface area contributed by atoms with E-state index in [0.29, 0.717) is 18.2 Å². The van der Waals surface area contributed by atoms with E-state index in [1.165, 1.54) is 19.3 Å². The van der Waals surface area contributed by atoms with Gasteiger partial charge in [-0.15, -0.1) is 0 Å². The van der Waals surface area contributed by atoms with Crippen LogP contribution < -0.4 is 0 Å². The van der Waals surface area contributed by atoms with E-state index in [1.54, 1.807) is 6.20 Å². The highest BCUT2D eigenvalue weighted by Crippen LogP contribution is 2.32. The minimum absolute atomic E-state index is 0.278. The average Bonchev–Trinajstić information content (AvgIpc) is 2.94. The van der Waals surface area contributed by atoms with Crippen LogP contribution in [0.1, 0.15) is 61.5 Å². The summed E-state index contributed by atoms with van der Waals surface area (Å²) >= 11 is 0. The van der Waals surface area contributed by atoms with Crippen LogP contribution in [0, 0.1) is 0 Å². The van der Waals surface area contributed by atoms with E-state index in [0.717, 1.165) is 25.1 Å². The molecular formula is C16H24N2O2. The molecule has 0 spiro atoms. The maximum Gasteiger partial charge on any atom is 0.339 e. The molecule has 0 aliphatic carbocycles. The number of likely N-dealkylation sites (tertiary alicyclic amines) is 1. The quantitative estimate of drug-likeness (QED) is 0.748. The van der Waals surface area contributed by atoms with Gasteiger partial charge in [-0.2, -0.15) is 0 Å². The van der Waals surface area contributed by atoms with E-state index in [4.69, 9.17) is 4.74 Å². The Hall–Kier alpha value is -1.42. The van der Waals surface area contributed by atoms with Crippen molar-refractivity contribution >= 4 is 5.97 Å². The Kier molecular flexibility index (Phi) is 5.53. The summed E-state index contributed by atoms with van der Waals surface area (Å²) in [4.78, 5) is 18.5. The van der Waals surface area contributed by atoms with Crippen LogP contribution in [-0.2, 0) is 4.74 Å². The molecule has 0 saturated carbocycles. The second-order valence-electron chi connectivity index (χ2n) is 5.27. The molecule has 0 amide bonds. The Labute approximate surface area is 121 Å². The van der Waals surface area contributed by atoms with Crippen molar-refractivity contribution in [2.45, 2.75) is 45.6 Å². The van der Waals surface area contributed by atoms with E-state index in [1.807, 2.05) is 19.2 Å². The standard InChI is InChI=1S/C16H24N2O2/c1-3-5-8-18-9-6-7-15(18)13-10-14(12-17-11-13)16(19)20-4-2/h10-12,15H,3-9H2,1-2H3. The van der Waals surface area contributed by atoms with Crippen LogP contribution in [-0.4, -0.2) is 35.5 Å². The second kappa shape index (κ2) is 7.39. The molecule has 20 heavy (non-hydrogen) atoms. The molecule has 1 aromatic rings. The van der Waals surface area contributed by atoms with E-state index in [9.17, 15) is 4.79 Å². The van der Waals surface area contributed by atoms with Crippen molar-refractivity contribution in [3.63, 3.8) is 0 Å². The molecule has 1 aromatic heterocycles. The minimum Gasteiger partial charge on any atom is -0.462 e. The fraction of sp³-hybridized carbons (Fsp3) is 0.625. The molecule has 1 aliphatic rings. The molecular weight excluding hydrogens is 252 g/mol. The number of pyridine rings is 1. The van der Waals surface area contributed by atoms with Gasteiger partial charge in [0.25, 0.3) is 0 Å². The number of carbonyl (C=O) groups is 1. The molecule has 0 aromatic carbocycles. The van der Waals surface area contributed by atoms with Gasteiger partial charge < -0.3 is 4.74 Å². The number of hydrogen-bond donors (Lipinski definition) is 0. The lowest BCUT2D eigenvalue weighted by Gasteiger charge is -2.24. The largest absolute Gasteiger partial charge is 0.462 e. The van der Waals surface area contributed by atoms with Gasteiger partial charge in [0.2, 0.25) is 0 Å². The number of carbonyl (C=O) groups excluding carboxylic acids is 1. The zero-order chi connectivity index (χ0) is 14.4. The predicted molar refractivity (Wildman–Crippen MR) is 78.6 cm³/mol. The Morgan fingerprint density at radius 2 is 2.30 bits per heavy atom. The van der Waals surface area contributed by atoms with E-state index < -0.39 is 0 Å². The lowest BCUT2D eigenvalue weighted by Crippen LogP contribution is -2.24. The molecule has 4 nitrogen and oxygen atoms in total. The van der Waals surface area contributed by atoms with Crippen molar-refractivity contribution < 1.29 is 9.53 Å². The number of unbranched alkanes of at least 4 members (excludes halogenated alkanes) is 1. The zero-order valence-corrected chi connectivity index (χ0v) is 12.5. The topological polar surface area (TPSA) is 42.4 Å². The molecule has 0 N–H and O–H groups in total. The third-order valence-corrected chi connectivity index (χ3v) is 3.82. The van der Waals surface area contributed by atoms with Crippen LogP contribution in [0.5, 0.6) is 0 Å². The van der Waals surface area contributed by atoms with Crippen LogP contribution in [0.4, 0.5) is 0 Å². The van der Waals surface area contributed by atoms with Gasteiger partial charge in [0.1, 0.15) is 0 Å². The fourth-order valence-electron chi connectivity index (χ4n) is 2.80. The van der Waals surface area contributed by atoms with Gasteiger partial charge in [0.15, 0.2) is 0 Å². The lowest BCUT2D eigenvalue weighted by molar-refractivity contribution is 0.0525. The van der Waals surface area contributed by atoms with Crippen LogP contribution in [0.3, 0.4) is 0 Å². The number of ether oxygens (including phenoxy) is 1. The number of rotatable bonds is 6. The van der Waals surface area contributed by atoms with Crippen LogP contribution in [0.25, 0.3) is 0 Å². The van der Waals surface area contributed by atoms with Gasteiger partial charge in [-0.1, -0.05) is 13.3 Å². The summed E-state index contributed by atoms with van der Waals surface area (Å²) in [5.41, 5.74) is 1.70. The van der Waals surface area contributed by atoms with Crippen molar-refractivity contribution in [3.8, 4) is 0 Å². The van der Waals surface area contributed by atoms with Gasteiger partial charge in [-0.3, -0.25) is 9.88 Å². The molecule has 0 radical (unpaired) electrons. The van der Waals surface area contributed by atoms with Gasteiger partial charge >= 0.3 is 5.97 Å². The summed E-state index contributed by atoms with van der Waals surface area (Å²) < 4.78 is 5.04. The molecule has 2 rings (SSSR count). The normalized spacial score (nSPS) is 19.2. The van der Waals surface area contributed by atoms with Crippen molar-refractivity contribution in [2.24, 2.45) is 0 Å². The van der Waals surface area contributed by atoms with Gasteiger partial charge in [0.05, 0.1) is 12.2 Å². The summed E-state index contributed by atoms with van der Waals surface area (Å²) in [6.45, 7) is 6.71. The monoisotopic (exact) mass is 276 g/mol. The van der Waals surface area contributed by atoms with Crippen LogP contribution in [0.15, 0.2) is 18.5 Å². The van der Waals surface area contributed by atoms with E-state index in [-0.39, 0.29) is 5.97 Å². The Bertz CT molecular complexity index is 448. The molecule has 1 saturated heterocycles. The highest BCUT2D eigenvalue weighted by atomic mass is 16.5. The first-order valence-electron chi connectivity index (χ1n) is 7.62. The highest BCUT2D eigenvalue weighted by molar-refractivity contribution is 5.89. The van der Waals surface area contributed by atoms with Crippen molar-refractivity contribution in [3.05, 3.63) is 29.6 Å². The molecule has 110 valence electrons. The van der Waals surface area contributed by atoms with Crippen molar-refractivity contribution in [1.29, 1.82) is 0 Å². The van der Waals surface area contributed by atoms with E-state index in [2.05, 4.69) is 16.8 Å². The number of aromatic nitrogens is 1. The summed E-state index contributed by atoms with van der Waals surface area (Å²) in [5, 5.41) is 0. The third-order valence-electron chi connectivity index (χ3n) is 3.82. The first kappa shape index (κ1) is 15.0. The maximum absolute atomic E-state index is 11.8. The third kappa shape index (κ3) is 3.57. The Morgan fingerprint density at radius 3 is 3.05 bits per heavy atom. The summed E-state index contributed by atoms with van der Waals surface area (Å²) in [5.74, 6) is -0.278. The predicted octanol–water partition coefficient (Wildman–Crippen LogP) is 3.20. The van der Waals surface area contributed by atoms with Gasteiger partial charge in [0, 0.05) is 18.4 Å². The van der Waals surface area contributed by atoms with Gasteiger partial charge in [-0.05, 0) is 50.9 Å². The van der Waals surface area contributed by atoms with Crippen molar-refractivity contribution in [1.82, 2.24) is 9.88 Å². The van der Waals surface area contributed by atoms with Crippen LogP contribution in [0.2, 0.25) is 0 Å². The summed E-state index contributed by atoms with van der Waals surface area (Å²) in [6.07, 6.45) is 8.28. The first-order chi connectivity index (χ1) is 9.76. The summed E-state index contributed by atoms with van der Waals surface area (Å²) in [6, 6.07) is 2.35. The Balaban J connectivity index is 2.11. The van der Waals surface area contributed by atoms with Crippen molar-refractivity contribution in [2.75, 3.05) is 19.7 Å². The van der Waals surface area contributed by atoms with E-state index >= 15 is 0 Å². The molecule has 1 atom stereocenters. The molecule has 1 fully saturated rings. The molecule has 2 heterocycles. The van der Waals surface area contributed by atoms with Gasteiger partial charge in [-0.25, -0.2) is 4.79 Å². The second-order valence-corrected chi connectivity index (χ2v) is 5.27. The molecule has 0 bridgehead atoms. The number of nitrogens with zero attached hydrogens (tertiary/aromatic N) is 2. The maximum atomic E-state index is 11.8. The van der Waals surface area contributed by atoms with Crippen LogP contribution >= 0.6 is 0 Å². The minimum atomic E-state index is -0.278. The lowest BCUT2D eigenvalue weighted by atomic mass is 10.0. The first-order valence-corrected chi connectivity index (χ1v) is 7.62. The number of esters is 1. The average molecular weight is 276 g/mol. The highest BCUT2D eigenvalue weighted by Gasteiger charge is 2.26.